The topological polar surface area (TPSA) is 66.8 Å². The third-order valence-electron chi connectivity index (χ3n) is 0.254. The molecule has 7 heavy (non-hydrogen) atoms. The zero-order valence-electron chi connectivity index (χ0n) is 3.12. The van der Waals surface area contributed by atoms with Gasteiger partial charge in [-0.2, -0.15) is 0 Å². The van der Waals surface area contributed by atoms with Crippen LogP contribution in [0.1, 0.15) is 0 Å². The molecule has 0 bridgehead atoms. The van der Waals surface area contributed by atoms with E-state index in [-0.39, 0.29) is 6.03 Å². The van der Waals surface area contributed by atoms with Gasteiger partial charge >= 0.3 is 51.1 Å². The fourth-order valence-electron chi connectivity index (χ4n) is 0.0160. The second kappa shape index (κ2) is 2.82. The first-order chi connectivity index (χ1) is 3.12. The Morgan fingerprint density at radius 3 is 2.14 bits per heavy atom. The first-order valence-corrected chi connectivity index (χ1v) is 4.17. The van der Waals surface area contributed by atoms with Gasteiger partial charge in [-0.3, -0.25) is 0 Å². The molecular weight excluding hydrogens is 299 g/mol. The molecular formula is CH4IrO4P. The van der Waals surface area contributed by atoms with E-state index in [2.05, 4.69) is 3.28 Å². The normalized spacial score (nSPS) is 13.7. The third-order valence-corrected chi connectivity index (χ3v) is 2.92. The van der Waals surface area contributed by atoms with Gasteiger partial charge in [0.1, 0.15) is 0 Å². The van der Waals surface area contributed by atoms with Crippen LogP contribution in [0.5, 0.6) is 0 Å². The van der Waals surface area contributed by atoms with E-state index in [1.807, 2.05) is 0 Å². The average molecular weight is 303 g/mol. The summed E-state index contributed by atoms with van der Waals surface area (Å²) in [4.78, 5) is 26.0. The van der Waals surface area contributed by atoms with Crippen LogP contribution < -0.4 is 0 Å². The van der Waals surface area contributed by atoms with Gasteiger partial charge in [0, 0.05) is 0 Å². The minimum absolute atomic E-state index is 0.0208. The molecule has 0 rings (SSSR count). The van der Waals surface area contributed by atoms with Crippen LogP contribution in [-0.2, 0) is 27.3 Å². The first-order valence-electron chi connectivity index (χ1n) is 1.31. The quantitative estimate of drug-likeness (QED) is 0.514. The molecule has 0 radical (unpaired) electrons. The number of hydrogen-bond donors (Lipinski definition) is 2. The van der Waals surface area contributed by atoms with Gasteiger partial charge in [-0.25, -0.2) is 0 Å². The van der Waals surface area contributed by atoms with Crippen molar-refractivity contribution in [3.05, 3.63) is 0 Å². The summed E-state index contributed by atoms with van der Waals surface area (Å²) in [5, 5.41) is 0. The van der Waals surface area contributed by atoms with E-state index in [9.17, 15) is 4.79 Å². The van der Waals surface area contributed by atoms with E-state index in [1.165, 1.54) is 0 Å². The van der Waals surface area contributed by atoms with Crippen LogP contribution in [0.15, 0.2) is 0 Å². The predicted octanol–water partition coefficient (Wildman–Crippen LogP) is -0.866. The molecule has 0 heterocycles. The second-order valence-electron chi connectivity index (χ2n) is 0.845. The molecule has 0 atom stereocenters. The molecule has 0 unspecified atom stereocenters. The SMILES string of the molecule is O=C[PH](O)(O)[O][Ir]. The fourth-order valence-corrected chi connectivity index (χ4v) is 0.394. The summed E-state index contributed by atoms with van der Waals surface area (Å²) in [6, 6.07) is 0.0208. The fraction of sp³-hybridized carbons (Fsp3) is 0. The van der Waals surface area contributed by atoms with Crippen LogP contribution in [-0.4, -0.2) is 15.8 Å². The number of hydrogen-bond acceptors (Lipinski definition) is 4. The van der Waals surface area contributed by atoms with Crippen molar-refractivity contribution in [3.8, 4) is 0 Å². The molecule has 2 N–H and O–H groups in total. The van der Waals surface area contributed by atoms with Gasteiger partial charge in [-0.05, 0) is 0 Å². The van der Waals surface area contributed by atoms with Crippen LogP contribution in [0.2, 0.25) is 0 Å². The van der Waals surface area contributed by atoms with Crippen molar-refractivity contribution in [2.75, 3.05) is 0 Å². The molecule has 6 heteroatoms. The maximum atomic E-state index is 9.49. The summed E-state index contributed by atoms with van der Waals surface area (Å²) in [6.07, 6.45) is 0. The Balaban J connectivity index is 3.58. The Labute approximate surface area is 51.7 Å². The summed E-state index contributed by atoms with van der Waals surface area (Å²) in [7, 11) is -3.83. The molecule has 0 aliphatic rings. The predicted molar refractivity (Wildman–Crippen MR) is 20.6 cm³/mol. The van der Waals surface area contributed by atoms with Crippen molar-refractivity contribution in [2.24, 2.45) is 0 Å². The van der Waals surface area contributed by atoms with Gasteiger partial charge in [0.15, 0.2) is 0 Å². The van der Waals surface area contributed by atoms with E-state index in [4.69, 9.17) is 9.79 Å². The molecule has 0 aromatic rings. The Morgan fingerprint density at radius 1 is 1.71 bits per heavy atom. The van der Waals surface area contributed by atoms with Crippen molar-refractivity contribution in [1.29, 1.82) is 0 Å². The zero-order chi connectivity index (χ0) is 5.91. The molecule has 0 fully saturated rings. The van der Waals surface area contributed by atoms with Crippen LogP contribution in [0.25, 0.3) is 0 Å². The van der Waals surface area contributed by atoms with Gasteiger partial charge in [-0.1, -0.05) is 0 Å². The molecule has 0 aromatic carbocycles. The Hall–Kier alpha value is 0.629. The van der Waals surface area contributed by atoms with Crippen molar-refractivity contribution < 1.29 is 37.1 Å². The van der Waals surface area contributed by atoms with Crippen LogP contribution in [0, 0.1) is 0 Å². The Bertz CT molecular complexity index is 72.1. The van der Waals surface area contributed by atoms with Crippen LogP contribution in [0.3, 0.4) is 0 Å². The Morgan fingerprint density at radius 2 is 2.14 bits per heavy atom. The van der Waals surface area contributed by atoms with Crippen LogP contribution >= 0.6 is 7.94 Å². The molecule has 0 aliphatic carbocycles. The van der Waals surface area contributed by atoms with E-state index in [0.717, 1.165) is 19.3 Å². The zero-order valence-corrected chi connectivity index (χ0v) is 6.52. The Kier molecular flexibility index (Phi) is 3.07. The molecule has 0 aliphatic heterocycles. The van der Waals surface area contributed by atoms with Crippen molar-refractivity contribution in [2.45, 2.75) is 0 Å². The molecule has 4 nitrogen and oxygen atoms in total. The van der Waals surface area contributed by atoms with E-state index < -0.39 is 7.94 Å². The molecule has 0 saturated carbocycles. The van der Waals surface area contributed by atoms with Crippen molar-refractivity contribution >= 4 is 14.0 Å². The summed E-state index contributed by atoms with van der Waals surface area (Å²) in [5.74, 6) is 0. The molecule has 0 aromatic heterocycles. The third kappa shape index (κ3) is 3.23. The standard InChI is InChI=1S/CH4O4P.Ir/c2-1-6(3,4)5;/h1,3-4,6H;/q-1;+1. The van der Waals surface area contributed by atoms with Gasteiger partial charge in [0.05, 0.1) is 0 Å². The van der Waals surface area contributed by atoms with Gasteiger partial charge in [0.25, 0.3) is 0 Å². The van der Waals surface area contributed by atoms with E-state index in [1.54, 1.807) is 0 Å². The summed E-state index contributed by atoms with van der Waals surface area (Å²) in [6.45, 7) is 0. The molecule has 0 amide bonds. The number of rotatable bonds is 2. The minimum atomic E-state index is -3.83. The average Bonchev–Trinajstić information content (AvgIpc) is 1.68. The van der Waals surface area contributed by atoms with Crippen molar-refractivity contribution in [3.63, 3.8) is 0 Å². The molecule has 0 saturated heterocycles. The second-order valence-corrected chi connectivity index (χ2v) is 4.00. The number of carbonyl (C=O) groups excluding carboxylic acids is 1. The summed E-state index contributed by atoms with van der Waals surface area (Å²) >= 11 is 1.07. The maximum absolute atomic E-state index is 9.49. The monoisotopic (exact) mass is 304 g/mol. The molecule has 46 valence electrons. The molecule has 0 spiro atoms. The van der Waals surface area contributed by atoms with Crippen LogP contribution in [0.4, 0.5) is 0 Å². The van der Waals surface area contributed by atoms with Gasteiger partial charge in [0.2, 0.25) is 0 Å². The van der Waals surface area contributed by atoms with E-state index >= 15 is 0 Å². The van der Waals surface area contributed by atoms with Gasteiger partial charge in [-0.15, -0.1) is 0 Å². The van der Waals surface area contributed by atoms with E-state index in [0.29, 0.717) is 0 Å². The summed E-state index contributed by atoms with van der Waals surface area (Å²) in [5.41, 5.74) is 0. The van der Waals surface area contributed by atoms with Gasteiger partial charge < -0.3 is 0 Å². The first kappa shape index (κ1) is 7.63. The number of carbonyl (C=O) groups is 1. The summed E-state index contributed by atoms with van der Waals surface area (Å²) < 4.78 is 3.97. The van der Waals surface area contributed by atoms with Crippen molar-refractivity contribution in [1.82, 2.24) is 0 Å².